The van der Waals surface area contributed by atoms with Crippen LogP contribution < -0.4 is 10.1 Å². The van der Waals surface area contributed by atoms with Gasteiger partial charge in [-0.25, -0.2) is 4.79 Å². The Hall–Kier alpha value is -2.56. The Kier molecular flexibility index (Phi) is 11.6. The summed E-state index contributed by atoms with van der Waals surface area (Å²) in [7, 11) is -5.65. The van der Waals surface area contributed by atoms with Crippen molar-refractivity contribution in [3.63, 3.8) is 0 Å². The topological polar surface area (TPSA) is 192 Å². The highest BCUT2D eigenvalue weighted by atomic mass is 31.1. The predicted octanol–water partition coefficient (Wildman–Crippen LogP) is 3.60. The first kappa shape index (κ1) is 28.7. The van der Waals surface area contributed by atoms with Crippen molar-refractivity contribution in [1.29, 1.82) is 0 Å². The van der Waals surface area contributed by atoms with Crippen molar-refractivity contribution in [2.75, 3.05) is 13.2 Å². The molecule has 0 bridgehead atoms. The Balaban J connectivity index is 1.93. The van der Waals surface area contributed by atoms with Crippen LogP contribution in [0.5, 0.6) is 5.75 Å². The molecule has 2 rings (SSSR count). The van der Waals surface area contributed by atoms with Gasteiger partial charge in [-0.1, -0.05) is 0 Å². The van der Waals surface area contributed by atoms with Crippen LogP contribution >= 0.6 is 16.5 Å². The van der Waals surface area contributed by atoms with Crippen LogP contribution in [-0.2, 0) is 27.8 Å². The summed E-state index contributed by atoms with van der Waals surface area (Å²) in [6.45, 7) is 1.86. The molecule has 192 valence electrons. The quantitative estimate of drug-likeness (QED) is 0.145. The minimum atomic E-state index is -3.01. The smallest absolute Gasteiger partial charge is 0.494 e. The summed E-state index contributed by atoms with van der Waals surface area (Å²) in [6, 6.07) is 3.45. The number of amides is 1. The van der Waals surface area contributed by atoms with E-state index in [1.807, 2.05) is 0 Å². The Morgan fingerprint density at radius 1 is 1.20 bits per heavy atom. The molecule has 15 heteroatoms. The second-order valence-corrected chi connectivity index (χ2v) is 9.50. The zero-order chi connectivity index (χ0) is 26.0. The van der Waals surface area contributed by atoms with Gasteiger partial charge in [0.2, 0.25) is 5.91 Å². The number of benzene rings is 1. The summed E-state index contributed by atoms with van der Waals surface area (Å²) in [5.74, 6) is -0.944. The van der Waals surface area contributed by atoms with E-state index in [0.29, 0.717) is 31.4 Å². The zero-order valence-electron chi connectivity index (χ0n) is 19.0. The molecule has 3 N–H and O–H groups in total. The summed E-state index contributed by atoms with van der Waals surface area (Å²) < 4.78 is 35.6. The van der Waals surface area contributed by atoms with Gasteiger partial charge in [0, 0.05) is 21.1 Å². The van der Waals surface area contributed by atoms with Gasteiger partial charge in [-0.15, -0.1) is 14.3 Å². The van der Waals surface area contributed by atoms with E-state index in [4.69, 9.17) is 19.0 Å². The van der Waals surface area contributed by atoms with Crippen LogP contribution in [0.1, 0.15) is 57.1 Å². The van der Waals surface area contributed by atoms with Crippen LogP contribution in [-0.4, -0.2) is 39.8 Å². The van der Waals surface area contributed by atoms with Gasteiger partial charge >= 0.3 is 22.5 Å². The fourth-order valence-electron chi connectivity index (χ4n) is 3.84. The maximum atomic E-state index is 12.8. The highest BCUT2D eigenvalue weighted by Crippen LogP contribution is 2.33. The van der Waals surface area contributed by atoms with Crippen LogP contribution in [0.3, 0.4) is 0 Å². The van der Waals surface area contributed by atoms with Crippen molar-refractivity contribution in [2.45, 2.75) is 51.5 Å². The van der Waals surface area contributed by atoms with E-state index in [9.17, 15) is 28.8 Å². The average Bonchev–Trinajstić information content (AvgIpc) is 2.80. The van der Waals surface area contributed by atoms with Crippen LogP contribution in [0.4, 0.5) is 5.69 Å². The van der Waals surface area contributed by atoms with Gasteiger partial charge < -0.3 is 10.1 Å². The standard InChI is InChI=1S/C20H26N2O11P2/c1-13(21-20(24)15-6-4-14(5-7-15)12-32-34(27)28)17-11-16(8-9-18(17)22(25)26)31-10-2-3-19(23)33-35(29)30/h8-9,11,13-15H,2-7,10,12H2,1H3,(H-2,21,24,27,28,29,30)/p+2. The van der Waals surface area contributed by atoms with Gasteiger partial charge in [-0.2, -0.15) is 4.52 Å². The molecule has 1 aliphatic carbocycles. The molecule has 0 aromatic heterocycles. The molecule has 0 radical (unpaired) electrons. The van der Waals surface area contributed by atoms with E-state index in [0.717, 1.165) is 0 Å². The molecule has 0 aliphatic heterocycles. The largest absolute Gasteiger partial charge is 0.750 e. The molecule has 1 fully saturated rings. The molecular formula is C20H28N2O11P2+2. The number of nitro groups is 1. The zero-order valence-corrected chi connectivity index (χ0v) is 20.8. The molecule has 35 heavy (non-hydrogen) atoms. The van der Waals surface area contributed by atoms with Crippen LogP contribution in [0.2, 0.25) is 0 Å². The maximum Gasteiger partial charge on any atom is 0.750 e. The molecule has 0 heterocycles. The summed E-state index contributed by atoms with van der Waals surface area (Å²) in [5, 5.41) is 14.3. The second-order valence-electron chi connectivity index (χ2n) is 8.11. The fourth-order valence-corrected chi connectivity index (χ4v) is 4.45. The molecule has 0 spiro atoms. The lowest BCUT2D eigenvalue weighted by Crippen LogP contribution is -2.35. The number of nitrogens with one attached hydrogen (secondary N) is 1. The van der Waals surface area contributed by atoms with Gasteiger partial charge in [-0.3, -0.25) is 14.9 Å². The number of ether oxygens (including phenoxy) is 1. The van der Waals surface area contributed by atoms with Crippen LogP contribution in [0.15, 0.2) is 18.2 Å². The SMILES string of the molecule is CC(NC(=O)C1CCC(CO[P+](=O)O)CC1)c1cc(OCCCC(=O)O[P+](=O)O)ccc1[N+](=O)[O-]. The van der Waals surface area contributed by atoms with Gasteiger partial charge in [0.05, 0.1) is 29.6 Å². The van der Waals surface area contributed by atoms with Gasteiger partial charge in [0.25, 0.3) is 5.69 Å². The summed E-state index contributed by atoms with van der Waals surface area (Å²) >= 11 is 0. The van der Waals surface area contributed by atoms with E-state index in [2.05, 4.69) is 9.84 Å². The molecule has 1 amide bonds. The van der Waals surface area contributed by atoms with E-state index in [1.165, 1.54) is 18.2 Å². The molecule has 0 saturated heterocycles. The van der Waals surface area contributed by atoms with Crippen molar-refractivity contribution in [2.24, 2.45) is 11.8 Å². The average molecular weight is 534 g/mol. The highest BCUT2D eigenvalue weighted by molar-refractivity contribution is 7.32. The minimum Gasteiger partial charge on any atom is -0.494 e. The van der Waals surface area contributed by atoms with E-state index >= 15 is 0 Å². The molecule has 13 nitrogen and oxygen atoms in total. The van der Waals surface area contributed by atoms with Gasteiger partial charge in [0.15, 0.2) is 0 Å². The molecule has 1 aromatic carbocycles. The maximum absolute atomic E-state index is 12.8. The van der Waals surface area contributed by atoms with Gasteiger partial charge in [0.1, 0.15) is 12.4 Å². The summed E-state index contributed by atoms with van der Waals surface area (Å²) in [5.41, 5.74) is 0.0748. The normalized spacial score (nSPS) is 19.3. The third kappa shape index (κ3) is 9.91. The summed E-state index contributed by atoms with van der Waals surface area (Å²) in [4.78, 5) is 52.3. The number of hydrogen-bond donors (Lipinski definition) is 3. The molecule has 1 aliphatic rings. The second kappa shape index (κ2) is 14.1. The molecular weight excluding hydrogens is 506 g/mol. The number of hydrogen-bond acceptors (Lipinski definition) is 9. The molecule has 3 atom stereocenters. The van der Waals surface area contributed by atoms with E-state index in [1.54, 1.807) is 6.92 Å². The highest BCUT2D eigenvalue weighted by Gasteiger charge is 2.30. The third-order valence-electron chi connectivity index (χ3n) is 5.63. The molecule has 1 aromatic rings. The monoisotopic (exact) mass is 534 g/mol. The molecule has 1 saturated carbocycles. The first-order valence-electron chi connectivity index (χ1n) is 10.9. The lowest BCUT2D eigenvalue weighted by molar-refractivity contribution is -0.385. The number of nitro benzene ring substituents is 1. The Morgan fingerprint density at radius 3 is 2.49 bits per heavy atom. The van der Waals surface area contributed by atoms with Gasteiger partial charge in [-0.05, 0) is 57.1 Å². The van der Waals surface area contributed by atoms with Crippen LogP contribution in [0, 0.1) is 22.0 Å². The van der Waals surface area contributed by atoms with E-state index in [-0.39, 0.29) is 55.0 Å². The first-order valence-corrected chi connectivity index (χ1v) is 13.2. The lowest BCUT2D eigenvalue weighted by Gasteiger charge is -2.27. The Labute approximate surface area is 203 Å². The van der Waals surface area contributed by atoms with Crippen molar-refractivity contribution >= 4 is 34.1 Å². The minimum absolute atomic E-state index is 0.0623. The lowest BCUT2D eigenvalue weighted by atomic mass is 9.82. The first-order chi connectivity index (χ1) is 16.6. The van der Waals surface area contributed by atoms with E-state index < -0.39 is 33.4 Å². The number of nitrogens with zero attached hydrogens (tertiary/aromatic N) is 1. The predicted molar refractivity (Wildman–Crippen MR) is 122 cm³/mol. The van der Waals surface area contributed by atoms with Crippen molar-refractivity contribution in [1.82, 2.24) is 5.32 Å². The summed E-state index contributed by atoms with van der Waals surface area (Å²) in [6.07, 6.45) is 2.55. The molecule has 3 unspecified atom stereocenters. The fraction of sp³-hybridized carbons (Fsp3) is 0.600. The third-order valence-corrected chi connectivity index (χ3v) is 6.36. The van der Waals surface area contributed by atoms with Crippen LogP contribution in [0.25, 0.3) is 0 Å². The Bertz CT molecular complexity index is 951. The van der Waals surface area contributed by atoms with Crippen molar-refractivity contribution in [3.05, 3.63) is 33.9 Å². The van der Waals surface area contributed by atoms with Crippen molar-refractivity contribution < 1.29 is 47.2 Å². The Morgan fingerprint density at radius 2 is 1.89 bits per heavy atom. The number of rotatable bonds is 13. The number of carbonyl (C=O) groups excluding carboxylic acids is 2. The van der Waals surface area contributed by atoms with Crippen molar-refractivity contribution in [3.8, 4) is 5.75 Å². The number of carbonyl (C=O) groups is 2.